The van der Waals surface area contributed by atoms with E-state index in [2.05, 4.69) is 43.5 Å². The lowest BCUT2D eigenvalue weighted by atomic mass is 10.1. The Hall–Kier alpha value is -1.09. The Morgan fingerprint density at radius 1 is 1.19 bits per heavy atom. The Balaban J connectivity index is 1.87. The van der Waals surface area contributed by atoms with Crippen molar-refractivity contribution in [1.82, 2.24) is 4.90 Å². The number of alkyl halides is 3. The molecule has 1 unspecified atom stereocenters. The molecule has 2 rings (SSSR count). The van der Waals surface area contributed by atoms with Gasteiger partial charge in [0.05, 0.1) is 12.2 Å². The molecule has 0 spiro atoms. The number of likely N-dealkylation sites (tertiary alicyclic amines) is 1. The lowest BCUT2D eigenvalue weighted by Gasteiger charge is -2.38. The van der Waals surface area contributed by atoms with Crippen molar-refractivity contribution in [3.8, 4) is 5.75 Å². The van der Waals surface area contributed by atoms with E-state index in [-0.39, 0.29) is 16.9 Å². The predicted molar refractivity (Wildman–Crippen MR) is 101 cm³/mol. The quantitative estimate of drug-likeness (QED) is 0.696. The van der Waals surface area contributed by atoms with Crippen LogP contribution in [0.5, 0.6) is 5.75 Å². The first-order valence-electron chi connectivity index (χ1n) is 9.21. The molecule has 1 aliphatic rings. The van der Waals surface area contributed by atoms with Gasteiger partial charge in [-0.25, -0.2) is 0 Å². The summed E-state index contributed by atoms with van der Waals surface area (Å²) in [5.74, 6) is -0.289. The minimum atomic E-state index is -4.71. The second-order valence-corrected chi connectivity index (χ2v) is 13.4. The first-order chi connectivity index (χ1) is 12.3. The van der Waals surface area contributed by atoms with Gasteiger partial charge in [-0.15, -0.1) is 13.2 Å². The molecule has 4 nitrogen and oxygen atoms in total. The van der Waals surface area contributed by atoms with E-state index in [4.69, 9.17) is 4.43 Å². The van der Waals surface area contributed by atoms with Crippen molar-refractivity contribution < 1.29 is 27.4 Å². The van der Waals surface area contributed by atoms with Gasteiger partial charge in [0, 0.05) is 19.6 Å². The van der Waals surface area contributed by atoms with Crippen LogP contribution in [0.4, 0.5) is 13.2 Å². The Morgan fingerprint density at radius 3 is 2.30 bits per heavy atom. The van der Waals surface area contributed by atoms with E-state index in [1.807, 2.05) is 0 Å². The molecule has 1 heterocycles. The van der Waals surface area contributed by atoms with E-state index in [0.717, 1.165) is 19.5 Å². The van der Waals surface area contributed by atoms with E-state index in [1.165, 1.54) is 24.3 Å². The zero-order chi connectivity index (χ0) is 20.5. The molecule has 154 valence electrons. The van der Waals surface area contributed by atoms with Gasteiger partial charge in [-0.3, -0.25) is 4.90 Å². The molecule has 27 heavy (non-hydrogen) atoms. The molecule has 1 aliphatic heterocycles. The number of hydrogen-bond acceptors (Lipinski definition) is 4. The largest absolute Gasteiger partial charge is 0.573 e. The smallest absolute Gasteiger partial charge is 0.413 e. The van der Waals surface area contributed by atoms with Crippen molar-refractivity contribution in [2.45, 2.75) is 63.9 Å². The molecule has 1 N–H and O–H groups in total. The molecule has 0 aromatic heterocycles. The van der Waals surface area contributed by atoms with Gasteiger partial charge in [0.15, 0.2) is 8.32 Å². The van der Waals surface area contributed by atoms with Gasteiger partial charge in [-0.05, 0) is 42.2 Å². The number of benzene rings is 1. The van der Waals surface area contributed by atoms with Gasteiger partial charge in [0.2, 0.25) is 0 Å². The second-order valence-electron chi connectivity index (χ2n) is 8.68. The summed E-state index contributed by atoms with van der Waals surface area (Å²) in [6.45, 7) is 13.1. The number of ether oxygens (including phenoxy) is 1. The average Bonchev–Trinajstić information content (AvgIpc) is 2.91. The molecule has 0 aliphatic carbocycles. The summed E-state index contributed by atoms with van der Waals surface area (Å²) < 4.78 is 46.9. The number of aliphatic hydroxyl groups excluding tert-OH is 1. The molecule has 1 aromatic rings. The fourth-order valence-corrected chi connectivity index (χ4v) is 4.27. The average molecular weight is 406 g/mol. The van der Waals surface area contributed by atoms with Gasteiger partial charge in [0.25, 0.3) is 0 Å². The van der Waals surface area contributed by atoms with E-state index < -0.39 is 20.8 Å². The Morgan fingerprint density at radius 2 is 1.78 bits per heavy atom. The fourth-order valence-electron chi connectivity index (χ4n) is 2.89. The molecule has 0 bridgehead atoms. The Kier molecular flexibility index (Phi) is 6.66. The number of aliphatic hydroxyl groups is 1. The van der Waals surface area contributed by atoms with Crippen LogP contribution in [0.3, 0.4) is 0 Å². The van der Waals surface area contributed by atoms with Crippen molar-refractivity contribution in [1.29, 1.82) is 0 Å². The normalized spacial score (nSPS) is 20.7. The number of β-amino-alcohol motifs (C(OH)–C–C–N with tert-alkyl or cyclic N) is 1. The molecule has 1 saturated heterocycles. The molecule has 0 saturated carbocycles. The SMILES string of the molecule is CC(C)(C)[Si](C)(C)OC1CCN(C[C@@H](O)c2ccc(OC(F)(F)F)cc2)C1. The zero-order valence-electron chi connectivity index (χ0n) is 16.6. The van der Waals surface area contributed by atoms with E-state index in [1.54, 1.807) is 0 Å². The molecule has 0 radical (unpaired) electrons. The summed E-state index contributed by atoms with van der Waals surface area (Å²) in [6, 6.07) is 5.37. The van der Waals surface area contributed by atoms with Gasteiger partial charge in [-0.1, -0.05) is 32.9 Å². The molecule has 0 amide bonds. The van der Waals surface area contributed by atoms with Crippen molar-refractivity contribution in [3.05, 3.63) is 29.8 Å². The molecular formula is C19H30F3NO3Si. The van der Waals surface area contributed by atoms with Crippen LogP contribution in [-0.4, -0.2) is 50.4 Å². The topological polar surface area (TPSA) is 41.9 Å². The minimum absolute atomic E-state index is 0.153. The summed E-state index contributed by atoms with van der Waals surface area (Å²) in [5.41, 5.74) is 0.568. The first-order valence-corrected chi connectivity index (χ1v) is 12.1. The predicted octanol–water partition coefficient (Wildman–Crippen LogP) is 4.71. The van der Waals surface area contributed by atoms with E-state index in [0.29, 0.717) is 12.1 Å². The maximum Gasteiger partial charge on any atom is 0.573 e. The summed E-state index contributed by atoms with van der Waals surface area (Å²) >= 11 is 0. The molecule has 1 aromatic carbocycles. The lowest BCUT2D eigenvalue weighted by molar-refractivity contribution is -0.274. The van der Waals surface area contributed by atoms with Gasteiger partial charge >= 0.3 is 6.36 Å². The Labute approximate surface area is 160 Å². The number of hydrogen-bond donors (Lipinski definition) is 1. The highest BCUT2D eigenvalue weighted by Crippen LogP contribution is 2.38. The third-order valence-corrected chi connectivity index (χ3v) is 9.96. The van der Waals surface area contributed by atoms with Gasteiger partial charge in [0.1, 0.15) is 5.75 Å². The summed E-state index contributed by atoms with van der Waals surface area (Å²) in [4.78, 5) is 2.14. The van der Waals surface area contributed by atoms with Crippen LogP contribution in [0, 0.1) is 0 Å². The molecule has 1 fully saturated rings. The van der Waals surface area contributed by atoms with Crippen molar-refractivity contribution in [2.24, 2.45) is 0 Å². The van der Waals surface area contributed by atoms with Crippen LogP contribution in [0.2, 0.25) is 18.1 Å². The summed E-state index contributed by atoms with van der Waals surface area (Å²) in [6.07, 6.45) is -4.39. The van der Waals surface area contributed by atoms with Crippen LogP contribution < -0.4 is 4.74 Å². The van der Waals surface area contributed by atoms with Crippen LogP contribution in [0.15, 0.2) is 24.3 Å². The van der Waals surface area contributed by atoms with E-state index >= 15 is 0 Å². The summed E-state index contributed by atoms with van der Waals surface area (Å²) in [5, 5.41) is 10.6. The van der Waals surface area contributed by atoms with Crippen molar-refractivity contribution >= 4 is 8.32 Å². The zero-order valence-corrected chi connectivity index (χ0v) is 17.6. The number of rotatable bonds is 6. The number of nitrogens with zero attached hydrogens (tertiary/aromatic N) is 1. The van der Waals surface area contributed by atoms with E-state index in [9.17, 15) is 18.3 Å². The number of halogens is 3. The third-order valence-electron chi connectivity index (χ3n) is 5.43. The standard InChI is InChI=1S/C19H30F3NO3Si/c1-18(2,3)27(4,5)26-16-10-11-23(12-16)13-17(24)14-6-8-15(9-7-14)25-19(20,21)22/h6-9,16-17,24H,10-13H2,1-5H3/t16?,17-/m1/s1. The second kappa shape index (κ2) is 8.11. The lowest BCUT2D eigenvalue weighted by Crippen LogP contribution is -2.44. The minimum Gasteiger partial charge on any atom is -0.413 e. The highest BCUT2D eigenvalue weighted by molar-refractivity contribution is 6.74. The van der Waals surface area contributed by atoms with Gasteiger partial charge < -0.3 is 14.3 Å². The van der Waals surface area contributed by atoms with Crippen LogP contribution in [0.1, 0.15) is 38.9 Å². The molecule has 2 atom stereocenters. The van der Waals surface area contributed by atoms with Gasteiger partial charge in [-0.2, -0.15) is 0 Å². The summed E-state index contributed by atoms with van der Waals surface area (Å²) in [7, 11) is -1.82. The van der Waals surface area contributed by atoms with Crippen LogP contribution >= 0.6 is 0 Å². The molecular weight excluding hydrogens is 375 g/mol. The van der Waals surface area contributed by atoms with Crippen molar-refractivity contribution in [2.75, 3.05) is 19.6 Å². The maximum absolute atomic E-state index is 12.2. The highest BCUT2D eigenvalue weighted by Gasteiger charge is 2.40. The highest BCUT2D eigenvalue weighted by atomic mass is 28.4. The van der Waals surface area contributed by atoms with Crippen LogP contribution in [0.25, 0.3) is 0 Å². The monoisotopic (exact) mass is 405 g/mol. The molecule has 8 heteroatoms. The fraction of sp³-hybridized carbons (Fsp3) is 0.684. The third kappa shape index (κ3) is 6.48. The van der Waals surface area contributed by atoms with Crippen LogP contribution in [-0.2, 0) is 4.43 Å². The maximum atomic E-state index is 12.2. The van der Waals surface area contributed by atoms with Crippen molar-refractivity contribution in [3.63, 3.8) is 0 Å². The Bertz CT molecular complexity index is 614. The first kappa shape index (κ1) is 22.2.